The fourth-order valence-corrected chi connectivity index (χ4v) is 3.60. The Morgan fingerprint density at radius 3 is 2.22 bits per heavy atom. The number of rotatable bonds is 14. The third-order valence-electron chi connectivity index (χ3n) is 5.65. The van der Waals surface area contributed by atoms with Crippen LogP contribution in [0.2, 0.25) is 0 Å². The first kappa shape index (κ1) is 29.1. The van der Waals surface area contributed by atoms with Crippen molar-refractivity contribution in [2.24, 2.45) is 4.99 Å². The van der Waals surface area contributed by atoms with E-state index in [0.717, 1.165) is 64.7 Å². The molecule has 7 nitrogen and oxygen atoms in total. The summed E-state index contributed by atoms with van der Waals surface area (Å²) in [6.45, 7) is 15.4. The standard InChI is InChI=1S/C24H43N5O2.HI/c1-4-6-16-30-18-19-31-17-11-26-24(25-3)27-20-22-9-7-8-10-23(22)21-29-14-12-28(5-2)13-15-29;/h7-10H,4-6,11-21H2,1-3H3,(H2,25,26,27);1H. The van der Waals surface area contributed by atoms with E-state index in [0.29, 0.717) is 19.8 Å². The summed E-state index contributed by atoms with van der Waals surface area (Å²) in [5.74, 6) is 0.800. The van der Waals surface area contributed by atoms with Crippen LogP contribution in [0, 0.1) is 0 Å². The third-order valence-corrected chi connectivity index (χ3v) is 5.65. The number of piperazine rings is 1. The largest absolute Gasteiger partial charge is 0.379 e. The van der Waals surface area contributed by atoms with Crippen LogP contribution in [0.15, 0.2) is 29.3 Å². The molecule has 1 aromatic rings. The zero-order valence-electron chi connectivity index (χ0n) is 20.3. The first-order valence-electron chi connectivity index (χ1n) is 11.9. The summed E-state index contributed by atoms with van der Waals surface area (Å²) in [5.41, 5.74) is 2.71. The van der Waals surface area contributed by atoms with Gasteiger partial charge in [0.2, 0.25) is 0 Å². The minimum absolute atomic E-state index is 0. The van der Waals surface area contributed by atoms with Gasteiger partial charge in [0.15, 0.2) is 5.96 Å². The Labute approximate surface area is 212 Å². The number of hydrogen-bond acceptors (Lipinski definition) is 5. The lowest BCUT2D eigenvalue weighted by Crippen LogP contribution is -2.45. The molecular formula is C24H44IN5O2. The smallest absolute Gasteiger partial charge is 0.191 e. The number of aliphatic imine (C=N–C) groups is 1. The van der Waals surface area contributed by atoms with Gasteiger partial charge in [0.25, 0.3) is 0 Å². The third kappa shape index (κ3) is 11.8. The average Bonchev–Trinajstić information content (AvgIpc) is 2.81. The number of benzene rings is 1. The molecule has 0 amide bonds. The molecule has 0 atom stereocenters. The Hall–Kier alpha value is -0.940. The summed E-state index contributed by atoms with van der Waals surface area (Å²) in [7, 11) is 1.80. The molecule has 0 bridgehead atoms. The van der Waals surface area contributed by atoms with E-state index < -0.39 is 0 Å². The van der Waals surface area contributed by atoms with Crippen molar-refractivity contribution in [1.29, 1.82) is 0 Å². The topological polar surface area (TPSA) is 61.4 Å². The van der Waals surface area contributed by atoms with Gasteiger partial charge in [0, 0.05) is 59.5 Å². The van der Waals surface area contributed by atoms with Crippen molar-refractivity contribution in [2.75, 3.05) is 72.7 Å². The van der Waals surface area contributed by atoms with Crippen molar-refractivity contribution >= 4 is 29.9 Å². The molecule has 0 unspecified atom stereocenters. The second-order valence-electron chi connectivity index (χ2n) is 7.91. The molecule has 0 aromatic heterocycles. The zero-order chi connectivity index (χ0) is 22.2. The highest BCUT2D eigenvalue weighted by Crippen LogP contribution is 2.13. The fourth-order valence-electron chi connectivity index (χ4n) is 3.60. The monoisotopic (exact) mass is 561 g/mol. The number of guanidine groups is 1. The second kappa shape index (κ2) is 18.5. The van der Waals surface area contributed by atoms with Crippen LogP contribution >= 0.6 is 24.0 Å². The molecule has 2 N–H and O–H groups in total. The number of hydrogen-bond donors (Lipinski definition) is 2. The molecule has 1 aromatic carbocycles. The number of ether oxygens (including phenoxy) is 2. The van der Waals surface area contributed by atoms with Crippen LogP contribution in [0.5, 0.6) is 0 Å². The average molecular weight is 562 g/mol. The number of likely N-dealkylation sites (N-methyl/N-ethyl adjacent to an activating group) is 1. The molecule has 1 saturated heterocycles. The summed E-state index contributed by atoms with van der Waals surface area (Å²) >= 11 is 0. The molecule has 0 spiro atoms. The van der Waals surface area contributed by atoms with E-state index in [2.05, 4.69) is 63.5 Å². The van der Waals surface area contributed by atoms with Gasteiger partial charge < -0.3 is 25.0 Å². The van der Waals surface area contributed by atoms with E-state index in [1.165, 1.54) is 24.2 Å². The minimum atomic E-state index is 0. The van der Waals surface area contributed by atoms with Crippen LogP contribution in [0.25, 0.3) is 0 Å². The maximum absolute atomic E-state index is 5.61. The van der Waals surface area contributed by atoms with Crippen LogP contribution in [0.3, 0.4) is 0 Å². The van der Waals surface area contributed by atoms with Crippen molar-refractivity contribution in [2.45, 2.75) is 39.8 Å². The lowest BCUT2D eigenvalue weighted by Gasteiger charge is -2.34. The Morgan fingerprint density at radius 1 is 0.906 bits per heavy atom. The molecule has 1 aliphatic rings. The van der Waals surface area contributed by atoms with Crippen LogP contribution in [0.1, 0.15) is 37.8 Å². The van der Waals surface area contributed by atoms with E-state index in [9.17, 15) is 0 Å². The van der Waals surface area contributed by atoms with Gasteiger partial charge in [0.05, 0.1) is 19.8 Å². The van der Waals surface area contributed by atoms with Gasteiger partial charge in [-0.15, -0.1) is 24.0 Å². The Balaban J connectivity index is 0.00000512. The summed E-state index contributed by atoms with van der Waals surface area (Å²) in [4.78, 5) is 9.41. The highest BCUT2D eigenvalue weighted by atomic mass is 127. The van der Waals surface area contributed by atoms with E-state index in [1.807, 2.05) is 0 Å². The van der Waals surface area contributed by atoms with Gasteiger partial charge in [-0.1, -0.05) is 44.5 Å². The number of unbranched alkanes of at least 4 members (excludes halogenated alkanes) is 1. The summed E-state index contributed by atoms with van der Waals surface area (Å²) in [6.07, 6.45) is 2.28. The maximum atomic E-state index is 5.61. The molecule has 1 aliphatic heterocycles. The van der Waals surface area contributed by atoms with Crippen molar-refractivity contribution in [3.63, 3.8) is 0 Å². The number of nitrogens with one attached hydrogen (secondary N) is 2. The summed E-state index contributed by atoms with van der Waals surface area (Å²) < 4.78 is 11.1. The molecule has 8 heteroatoms. The Kier molecular flexibility index (Phi) is 16.8. The fraction of sp³-hybridized carbons (Fsp3) is 0.708. The van der Waals surface area contributed by atoms with Crippen LogP contribution < -0.4 is 10.6 Å². The van der Waals surface area contributed by atoms with Gasteiger partial charge in [-0.05, 0) is 24.1 Å². The summed E-state index contributed by atoms with van der Waals surface area (Å²) in [6, 6.07) is 8.70. The molecule has 0 saturated carbocycles. The lowest BCUT2D eigenvalue weighted by molar-refractivity contribution is 0.0487. The quantitative estimate of drug-likeness (QED) is 0.158. The van der Waals surface area contributed by atoms with Crippen molar-refractivity contribution < 1.29 is 9.47 Å². The minimum Gasteiger partial charge on any atom is -0.379 e. The SMILES string of the molecule is CCCCOCCOCCNC(=NC)NCc1ccccc1CN1CCN(CC)CC1.I. The van der Waals surface area contributed by atoms with Crippen molar-refractivity contribution in [3.05, 3.63) is 35.4 Å². The molecule has 2 rings (SSSR count). The number of nitrogens with zero attached hydrogens (tertiary/aromatic N) is 3. The van der Waals surface area contributed by atoms with Gasteiger partial charge in [-0.2, -0.15) is 0 Å². The van der Waals surface area contributed by atoms with E-state index >= 15 is 0 Å². The van der Waals surface area contributed by atoms with Crippen LogP contribution in [-0.4, -0.2) is 88.5 Å². The molecule has 184 valence electrons. The predicted molar refractivity (Wildman–Crippen MR) is 144 cm³/mol. The predicted octanol–water partition coefficient (Wildman–Crippen LogP) is 2.94. The molecule has 1 fully saturated rings. The second-order valence-corrected chi connectivity index (χ2v) is 7.91. The molecule has 0 aliphatic carbocycles. The maximum Gasteiger partial charge on any atom is 0.191 e. The van der Waals surface area contributed by atoms with Crippen LogP contribution in [-0.2, 0) is 22.6 Å². The van der Waals surface area contributed by atoms with E-state index in [4.69, 9.17) is 9.47 Å². The highest BCUT2D eigenvalue weighted by molar-refractivity contribution is 14.0. The van der Waals surface area contributed by atoms with Gasteiger partial charge >= 0.3 is 0 Å². The Morgan fingerprint density at radius 2 is 1.56 bits per heavy atom. The highest BCUT2D eigenvalue weighted by Gasteiger charge is 2.16. The van der Waals surface area contributed by atoms with Gasteiger partial charge in [-0.25, -0.2) is 0 Å². The van der Waals surface area contributed by atoms with E-state index in [1.54, 1.807) is 7.05 Å². The van der Waals surface area contributed by atoms with E-state index in [-0.39, 0.29) is 24.0 Å². The van der Waals surface area contributed by atoms with Gasteiger partial charge in [0.1, 0.15) is 0 Å². The van der Waals surface area contributed by atoms with Crippen LogP contribution in [0.4, 0.5) is 0 Å². The first-order valence-corrected chi connectivity index (χ1v) is 11.9. The summed E-state index contributed by atoms with van der Waals surface area (Å²) in [5, 5.41) is 6.76. The van der Waals surface area contributed by atoms with Crippen molar-refractivity contribution in [1.82, 2.24) is 20.4 Å². The molecule has 0 radical (unpaired) electrons. The normalized spacial score (nSPS) is 15.4. The van der Waals surface area contributed by atoms with Gasteiger partial charge in [-0.3, -0.25) is 9.89 Å². The molecule has 1 heterocycles. The Bertz CT molecular complexity index is 624. The lowest BCUT2D eigenvalue weighted by atomic mass is 10.1. The first-order chi connectivity index (χ1) is 15.3. The zero-order valence-corrected chi connectivity index (χ0v) is 22.6. The number of halogens is 1. The van der Waals surface area contributed by atoms with Crippen molar-refractivity contribution in [3.8, 4) is 0 Å². The molecule has 32 heavy (non-hydrogen) atoms. The molecular weight excluding hydrogens is 517 g/mol.